The number of carbonyl (C=O) groups is 2. The Morgan fingerprint density at radius 3 is 2.61 bits per heavy atom. The molecular weight excluding hydrogens is 437 g/mol. The van der Waals surface area contributed by atoms with Gasteiger partial charge < -0.3 is 20.1 Å². The molecule has 0 aromatic carbocycles. The van der Waals surface area contributed by atoms with Gasteiger partial charge in [0.25, 0.3) is 0 Å². The Balaban J connectivity index is 0.000000339. The first kappa shape index (κ1) is 22.9. The topological polar surface area (TPSA) is 105 Å². The van der Waals surface area contributed by atoms with Crippen molar-refractivity contribution in [2.45, 2.75) is 37.8 Å². The summed E-state index contributed by atoms with van der Waals surface area (Å²) in [6.45, 7) is 2.25. The molecule has 2 aliphatic heterocycles. The van der Waals surface area contributed by atoms with Gasteiger partial charge in [-0.15, -0.1) is 11.3 Å². The molecule has 2 aromatic heterocycles. The number of carbonyl (C=O) groups excluding carboxylic acids is 1. The average Bonchev–Trinajstić information content (AvgIpc) is 3.41. The Morgan fingerprint density at radius 1 is 1.29 bits per heavy atom. The van der Waals surface area contributed by atoms with Gasteiger partial charge in [0.1, 0.15) is 6.10 Å². The van der Waals surface area contributed by atoms with Gasteiger partial charge in [0.15, 0.2) is 0 Å². The summed E-state index contributed by atoms with van der Waals surface area (Å²) in [5.74, 6) is -1.57. The molecule has 0 unspecified atom stereocenters. The van der Waals surface area contributed by atoms with E-state index in [1.54, 1.807) is 23.7 Å². The third-order valence-electron chi connectivity index (χ3n) is 4.94. The van der Waals surface area contributed by atoms with Crippen LogP contribution in [0.15, 0.2) is 36.0 Å². The number of carboxylic acids is 1. The molecule has 2 aromatic rings. The van der Waals surface area contributed by atoms with Crippen LogP contribution < -0.4 is 10.2 Å². The van der Waals surface area contributed by atoms with Crippen molar-refractivity contribution in [3.63, 3.8) is 0 Å². The van der Waals surface area contributed by atoms with Crippen molar-refractivity contribution in [1.29, 1.82) is 0 Å². The summed E-state index contributed by atoms with van der Waals surface area (Å²) in [4.78, 5) is 33.2. The second kappa shape index (κ2) is 10.1. The summed E-state index contributed by atoms with van der Waals surface area (Å²) >= 11 is 1.65. The van der Waals surface area contributed by atoms with Crippen LogP contribution in [0.4, 0.5) is 19.1 Å². The molecule has 0 aliphatic carbocycles. The molecule has 2 saturated heterocycles. The van der Waals surface area contributed by atoms with Crippen LogP contribution in [0, 0.1) is 5.92 Å². The Hall–Kier alpha value is -2.73. The van der Waals surface area contributed by atoms with Gasteiger partial charge >= 0.3 is 12.1 Å². The summed E-state index contributed by atoms with van der Waals surface area (Å²) in [5, 5.41) is 12.1. The zero-order valence-electron chi connectivity index (χ0n) is 16.3. The van der Waals surface area contributed by atoms with Crippen molar-refractivity contribution < 1.29 is 32.6 Å². The van der Waals surface area contributed by atoms with Gasteiger partial charge in [-0.05, 0) is 36.3 Å². The van der Waals surface area contributed by atoms with Crippen LogP contribution in [0.1, 0.15) is 17.7 Å². The summed E-state index contributed by atoms with van der Waals surface area (Å²) in [5.41, 5.74) is 0. The monoisotopic (exact) mass is 458 g/mol. The third kappa shape index (κ3) is 6.37. The first-order chi connectivity index (χ1) is 14.7. The minimum absolute atomic E-state index is 0.000288. The zero-order valence-corrected chi connectivity index (χ0v) is 17.1. The highest BCUT2D eigenvalue weighted by Gasteiger charge is 2.42. The number of nitrogens with zero attached hydrogens (tertiary/aromatic N) is 3. The van der Waals surface area contributed by atoms with Crippen LogP contribution in [0.2, 0.25) is 0 Å². The number of aliphatic carboxylic acids is 1. The van der Waals surface area contributed by atoms with Gasteiger partial charge in [-0.25, -0.2) is 14.8 Å². The zero-order chi connectivity index (χ0) is 22.4. The molecule has 2 aliphatic rings. The number of aromatic nitrogens is 2. The Morgan fingerprint density at radius 2 is 2.00 bits per heavy atom. The number of halogens is 3. The van der Waals surface area contributed by atoms with Crippen LogP contribution in [0.25, 0.3) is 0 Å². The van der Waals surface area contributed by atoms with Crippen molar-refractivity contribution in [2.75, 3.05) is 18.0 Å². The highest BCUT2D eigenvalue weighted by molar-refractivity contribution is 7.09. The molecule has 1 amide bonds. The maximum atomic E-state index is 12.4. The van der Waals surface area contributed by atoms with Crippen molar-refractivity contribution in [3.05, 3.63) is 40.8 Å². The number of anilines is 1. The minimum atomic E-state index is -5.08. The number of nitrogens with one attached hydrogen (secondary N) is 1. The molecule has 4 heterocycles. The molecule has 4 rings (SSSR count). The van der Waals surface area contributed by atoms with Crippen LogP contribution in [-0.2, 0) is 20.9 Å². The number of hydrogen-bond acceptors (Lipinski definition) is 7. The molecule has 12 heteroatoms. The van der Waals surface area contributed by atoms with Gasteiger partial charge in [-0.3, -0.25) is 4.79 Å². The number of piperidine rings is 1. The van der Waals surface area contributed by atoms with Gasteiger partial charge in [0, 0.05) is 30.4 Å². The van der Waals surface area contributed by atoms with E-state index < -0.39 is 12.1 Å². The van der Waals surface area contributed by atoms with Crippen LogP contribution in [0.5, 0.6) is 0 Å². The van der Waals surface area contributed by atoms with E-state index in [9.17, 15) is 18.0 Å². The molecule has 2 fully saturated rings. The quantitative estimate of drug-likeness (QED) is 0.725. The highest BCUT2D eigenvalue weighted by Crippen LogP contribution is 2.34. The van der Waals surface area contributed by atoms with Crippen LogP contribution >= 0.6 is 11.3 Å². The van der Waals surface area contributed by atoms with Crippen molar-refractivity contribution in [2.24, 2.45) is 5.92 Å². The van der Waals surface area contributed by atoms with E-state index >= 15 is 0 Å². The first-order valence-electron chi connectivity index (χ1n) is 9.51. The Bertz CT molecular complexity index is 867. The molecule has 31 heavy (non-hydrogen) atoms. The molecule has 0 saturated carbocycles. The molecule has 0 bridgehead atoms. The average molecular weight is 458 g/mol. The summed E-state index contributed by atoms with van der Waals surface area (Å²) in [6, 6.07) is 5.83. The lowest BCUT2D eigenvalue weighted by Gasteiger charge is -2.33. The van der Waals surface area contributed by atoms with E-state index in [0.717, 1.165) is 36.8 Å². The predicted molar refractivity (Wildman–Crippen MR) is 105 cm³/mol. The molecule has 168 valence electrons. The summed E-state index contributed by atoms with van der Waals surface area (Å²) in [6.07, 6.45) is -0.00553. The molecule has 3 atom stereocenters. The lowest BCUT2D eigenvalue weighted by atomic mass is 9.92. The fourth-order valence-corrected chi connectivity index (χ4v) is 4.08. The molecule has 0 spiro atoms. The summed E-state index contributed by atoms with van der Waals surface area (Å²) in [7, 11) is 0. The fourth-order valence-electron chi connectivity index (χ4n) is 3.44. The number of amides is 1. The van der Waals surface area contributed by atoms with Crippen molar-refractivity contribution >= 4 is 29.2 Å². The summed E-state index contributed by atoms with van der Waals surface area (Å²) < 4.78 is 37.8. The number of fused-ring (bicyclic) bond motifs is 1. The van der Waals surface area contributed by atoms with E-state index in [-0.39, 0.29) is 18.1 Å². The SMILES string of the molecule is O=C(NCc1cccs1)[C@H]1C[C@@H]2CCN(c3ncccn3)C[C@H]2O1.O=C(O)C(F)(F)F. The maximum absolute atomic E-state index is 12.4. The number of ether oxygens (including phenoxy) is 1. The van der Waals surface area contributed by atoms with Crippen LogP contribution in [0.3, 0.4) is 0 Å². The molecule has 8 nitrogen and oxygen atoms in total. The minimum Gasteiger partial charge on any atom is -0.475 e. The lowest BCUT2D eigenvalue weighted by Crippen LogP contribution is -2.43. The van der Waals surface area contributed by atoms with Crippen molar-refractivity contribution in [1.82, 2.24) is 15.3 Å². The van der Waals surface area contributed by atoms with E-state index in [1.807, 2.05) is 23.6 Å². The van der Waals surface area contributed by atoms with Gasteiger partial charge in [0.2, 0.25) is 11.9 Å². The van der Waals surface area contributed by atoms with Gasteiger partial charge in [0.05, 0.1) is 12.6 Å². The molecule has 0 radical (unpaired) electrons. The lowest BCUT2D eigenvalue weighted by molar-refractivity contribution is -0.192. The number of alkyl halides is 3. The predicted octanol–water partition coefficient (Wildman–Crippen LogP) is 2.47. The Kier molecular flexibility index (Phi) is 7.44. The van der Waals surface area contributed by atoms with Crippen LogP contribution in [-0.4, -0.2) is 58.4 Å². The van der Waals surface area contributed by atoms with E-state index in [2.05, 4.69) is 20.2 Å². The number of rotatable bonds is 4. The molecule has 2 N–H and O–H groups in total. The van der Waals surface area contributed by atoms with Crippen molar-refractivity contribution in [3.8, 4) is 0 Å². The van der Waals surface area contributed by atoms with E-state index in [1.165, 1.54) is 0 Å². The normalized spacial score (nSPS) is 22.8. The number of carboxylic acid groups (broad SMARTS) is 1. The van der Waals surface area contributed by atoms with E-state index in [0.29, 0.717) is 12.5 Å². The third-order valence-corrected chi connectivity index (χ3v) is 5.82. The van der Waals surface area contributed by atoms with E-state index in [4.69, 9.17) is 14.6 Å². The molecular formula is C19H21F3N4O4S. The highest BCUT2D eigenvalue weighted by atomic mass is 32.1. The standard InChI is InChI=1S/C17H20N4O2S.C2HF3O2/c22-16(20-10-13-3-1-8-24-13)14-9-12-4-7-21(11-15(12)23-14)17-18-5-2-6-19-17;3-2(4,5)1(6)7/h1-3,5-6,8,12,14-15H,4,7,9-11H2,(H,20,22);(H,6,7)/t12-,14+,15+;/m0./s1. The maximum Gasteiger partial charge on any atom is 0.490 e. The second-order valence-corrected chi connectivity index (χ2v) is 8.07. The first-order valence-corrected chi connectivity index (χ1v) is 10.4. The number of thiophene rings is 1. The number of hydrogen-bond donors (Lipinski definition) is 2. The Labute approximate surface area is 180 Å². The van der Waals surface area contributed by atoms with Gasteiger partial charge in [-0.1, -0.05) is 6.07 Å². The fraction of sp³-hybridized carbons (Fsp3) is 0.474. The smallest absolute Gasteiger partial charge is 0.475 e. The largest absolute Gasteiger partial charge is 0.490 e. The van der Waals surface area contributed by atoms with Gasteiger partial charge in [-0.2, -0.15) is 13.2 Å². The second-order valence-electron chi connectivity index (χ2n) is 7.04.